The molecule has 0 radical (unpaired) electrons. The number of hydrogen-bond donors (Lipinski definition) is 1. The number of rotatable bonds is 5. The first-order valence-corrected chi connectivity index (χ1v) is 6.57. The van der Waals surface area contributed by atoms with Crippen LogP contribution in [-0.4, -0.2) is 18.2 Å². The smallest absolute Gasteiger partial charge is 0.303 e. The minimum Gasteiger partial charge on any atom is -0.494 e. The number of carboxylic acid groups (broad SMARTS) is 1. The highest BCUT2D eigenvalue weighted by Crippen LogP contribution is 2.46. The van der Waals surface area contributed by atoms with E-state index in [0.29, 0.717) is 10.4 Å². The van der Waals surface area contributed by atoms with E-state index in [2.05, 4.69) is 15.9 Å². The molecule has 0 saturated heterocycles. The van der Waals surface area contributed by atoms with Gasteiger partial charge in [-0.15, -0.1) is 0 Å². The molecular formula is C13H14BrFO3. The Bertz CT molecular complexity index is 472. The summed E-state index contributed by atoms with van der Waals surface area (Å²) in [7, 11) is 1.40. The summed E-state index contributed by atoms with van der Waals surface area (Å²) in [5.74, 6) is -0.802. The first kappa shape index (κ1) is 13.3. The van der Waals surface area contributed by atoms with Crippen LogP contribution in [0.25, 0.3) is 0 Å². The third kappa shape index (κ3) is 2.83. The van der Waals surface area contributed by atoms with Crippen LogP contribution in [0.15, 0.2) is 16.6 Å². The molecule has 1 aromatic rings. The maximum absolute atomic E-state index is 13.6. The molecule has 1 N–H and O–H groups in total. The van der Waals surface area contributed by atoms with Gasteiger partial charge in [0.15, 0.2) is 11.6 Å². The van der Waals surface area contributed by atoms with Crippen LogP contribution in [0, 0.1) is 11.7 Å². The van der Waals surface area contributed by atoms with Gasteiger partial charge in [0.05, 0.1) is 18.0 Å². The Morgan fingerprint density at radius 3 is 2.78 bits per heavy atom. The largest absolute Gasteiger partial charge is 0.494 e. The SMILES string of the molecule is COc1cc(C(CC(=O)O)C2CC2)cc(Br)c1F. The van der Waals surface area contributed by atoms with Crippen LogP contribution in [0.5, 0.6) is 5.75 Å². The molecule has 0 spiro atoms. The molecule has 0 aliphatic heterocycles. The van der Waals surface area contributed by atoms with Crippen LogP contribution in [0.1, 0.15) is 30.7 Å². The van der Waals surface area contributed by atoms with Crippen molar-refractivity contribution < 1.29 is 19.0 Å². The average Bonchev–Trinajstić information content (AvgIpc) is 3.13. The number of carbonyl (C=O) groups is 1. The molecule has 0 bridgehead atoms. The quantitative estimate of drug-likeness (QED) is 0.903. The number of hydrogen-bond acceptors (Lipinski definition) is 2. The normalized spacial score (nSPS) is 16.4. The van der Waals surface area contributed by atoms with Gasteiger partial charge in [0.25, 0.3) is 0 Å². The van der Waals surface area contributed by atoms with Gasteiger partial charge in [0.1, 0.15) is 0 Å². The number of carboxylic acids is 1. The first-order chi connectivity index (χ1) is 8.52. The molecule has 1 aromatic carbocycles. The molecule has 1 fully saturated rings. The Kier molecular flexibility index (Phi) is 3.90. The number of methoxy groups -OCH3 is 1. The van der Waals surface area contributed by atoms with Gasteiger partial charge < -0.3 is 9.84 Å². The van der Waals surface area contributed by atoms with E-state index < -0.39 is 11.8 Å². The third-order valence-electron chi connectivity index (χ3n) is 3.25. The minimum atomic E-state index is -0.827. The van der Waals surface area contributed by atoms with E-state index in [4.69, 9.17) is 9.84 Å². The molecular weight excluding hydrogens is 303 g/mol. The van der Waals surface area contributed by atoms with E-state index in [-0.39, 0.29) is 18.1 Å². The number of ether oxygens (including phenoxy) is 1. The third-order valence-corrected chi connectivity index (χ3v) is 3.83. The molecule has 1 atom stereocenters. The molecule has 1 unspecified atom stereocenters. The zero-order chi connectivity index (χ0) is 13.3. The maximum atomic E-state index is 13.6. The summed E-state index contributed by atoms with van der Waals surface area (Å²) < 4.78 is 18.9. The average molecular weight is 317 g/mol. The van der Waals surface area contributed by atoms with E-state index in [9.17, 15) is 9.18 Å². The lowest BCUT2D eigenvalue weighted by Crippen LogP contribution is -2.09. The molecule has 2 rings (SSSR count). The van der Waals surface area contributed by atoms with Crippen molar-refractivity contribution >= 4 is 21.9 Å². The molecule has 98 valence electrons. The van der Waals surface area contributed by atoms with Crippen LogP contribution in [0.3, 0.4) is 0 Å². The second-order valence-electron chi connectivity index (χ2n) is 4.56. The van der Waals surface area contributed by atoms with Crippen molar-refractivity contribution in [1.29, 1.82) is 0 Å². The molecule has 0 heterocycles. The Morgan fingerprint density at radius 2 is 2.28 bits per heavy atom. The van der Waals surface area contributed by atoms with Crippen LogP contribution in [0.2, 0.25) is 0 Å². The van der Waals surface area contributed by atoms with Gasteiger partial charge in [-0.25, -0.2) is 4.39 Å². The lowest BCUT2D eigenvalue weighted by Gasteiger charge is -2.16. The summed E-state index contributed by atoms with van der Waals surface area (Å²) in [6.07, 6.45) is 2.15. The van der Waals surface area contributed by atoms with E-state index >= 15 is 0 Å². The van der Waals surface area contributed by atoms with E-state index in [1.807, 2.05) is 0 Å². The second kappa shape index (κ2) is 5.26. The maximum Gasteiger partial charge on any atom is 0.303 e. The lowest BCUT2D eigenvalue weighted by atomic mass is 9.91. The van der Waals surface area contributed by atoms with Crippen molar-refractivity contribution in [3.8, 4) is 5.75 Å². The predicted molar refractivity (Wildman–Crippen MR) is 68.4 cm³/mol. The highest BCUT2D eigenvalue weighted by atomic mass is 79.9. The van der Waals surface area contributed by atoms with E-state index in [1.165, 1.54) is 7.11 Å². The van der Waals surface area contributed by atoms with Gasteiger partial charge in [0, 0.05) is 0 Å². The molecule has 0 amide bonds. The molecule has 1 aliphatic carbocycles. The van der Waals surface area contributed by atoms with Crippen LogP contribution in [-0.2, 0) is 4.79 Å². The summed E-state index contributed by atoms with van der Waals surface area (Å²) in [6, 6.07) is 3.26. The summed E-state index contributed by atoms with van der Waals surface area (Å²) in [5, 5.41) is 8.96. The Labute approximate surface area is 113 Å². The zero-order valence-corrected chi connectivity index (χ0v) is 11.5. The van der Waals surface area contributed by atoms with Gasteiger partial charge in [-0.2, -0.15) is 0 Å². The topological polar surface area (TPSA) is 46.5 Å². The Morgan fingerprint density at radius 1 is 1.61 bits per heavy atom. The van der Waals surface area contributed by atoms with Crippen molar-refractivity contribution in [3.05, 3.63) is 28.0 Å². The monoisotopic (exact) mass is 316 g/mol. The van der Waals surface area contributed by atoms with Crippen LogP contribution in [0.4, 0.5) is 4.39 Å². The summed E-state index contributed by atoms with van der Waals surface area (Å²) in [5.41, 5.74) is 0.824. The number of aliphatic carboxylic acids is 1. The summed E-state index contributed by atoms with van der Waals surface area (Å²) in [4.78, 5) is 10.9. The first-order valence-electron chi connectivity index (χ1n) is 5.77. The highest BCUT2D eigenvalue weighted by molar-refractivity contribution is 9.10. The number of halogens is 2. The molecule has 5 heteroatoms. The molecule has 0 aromatic heterocycles. The lowest BCUT2D eigenvalue weighted by molar-refractivity contribution is -0.137. The van der Waals surface area contributed by atoms with Gasteiger partial charge in [0.2, 0.25) is 0 Å². The standard InChI is InChI=1S/C13H14BrFO3/c1-18-11-5-8(4-10(14)13(11)15)9(6-12(16)17)7-2-3-7/h4-5,7,9H,2-3,6H2,1H3,(H,16,17). The molecule has 1 aliphatic rings. The predicted octanol–water partition coefficient (Wildman–Crippen LogP) is 3.57. The van der Waals surface area contributed by atoms with Gasteiger partial charge in [-0.3, -0.25) is 4.79 Å². The van der Waals surface area contributed by atoms with Crippen LogP contribution < -0.4 is 4.74 Å². The molecule has 3 nitrogen and oxygen atoms in total. The fourth-order valence-electron chi connectivity index (χ4n) is 2.19. The fraction of sp³-hybridized carbons (Fsp3) is 0.462. The summed E-state index contributed by atoms with van der Waals surface area (Å²) >= 11 is 3.14. The fourth-order valence-corrected chi connectivity index (χ4v) is 2.65. The van der Waals surface area contributed by atoms with Gasteiger partial charge >= 0.3 is 5.97 Å². The molecule has 18 heavy (non-hydrogen) atoms. The van der Waals surface area contributed by atoms with Crippen LogP contribution >= 0.6 is 15.9 Å². The minimum absolute atomic E-state index is 0.0618. The van der Waals surface area contributed by atoms with Crippen molar-refractivity contribution in [3.63, 3.8) is 0 Å². The van der Waals surface area contributed by atoms with Crippen molar-refractivity contribution in [2.24, 2.45) is 5.92 Å². The van der Waals surface area contributed by atoms with Gasteiger partial charge in [-0.05, 0) is 58.3 Å². The van der Waals surface area contributed by atoms with Crippen molar-refractivity contribution in [1.82, 2.24) is 0 Å². The second-order valence-corrected chi connectivity index (χ2v) is 5.42. The highest BCUT2D eigenvalue weighted by Gasteiger charge is 2.34. The van der Waals surface area contributed by atoms with Crippen molar-refractivity contribution in [2.75, 3.05) is 7.11 Å². The Balaban J connectivity index is 2.35. The summed E-state index contributed by atoms with van der Waals surface area (Å²) in [6.45, 7) is 0. The zero-order valence-electron chi connectivity index (χ0n) is 9.95. The molecule has 1 saturated carbocycles. The van der Waals surface area contributed by atoms with E-state index in [0.717, 1.165) is 18.4 Å². The number of benzene rings is 1. The Hall–Kier alpha value is -1.10. The van der Waals surface area contributed by atoms with Crippen molar-refractivity contribution in [2.45, 2.75) is 25.2 Å². The van der Waals surface area contributed by atoms with Gasteiger partial charge in [-0.1, -0.05) is 0 Å². The van der Waals surface area contributed by atoms with E-state index in [1.54, 1.807) is 12.1 Å².